The van der Waals surface area contributed by atoms with Crippen LogP contribution < -0.4 is 5.32 Å². The number of rotatable bonds is 6. The summed E-state index contributed by atoms with van der Waals surface area (Å²) in [4.78, 5) is 0. The molecule has 1 aromatic heterocycles. The van der Waals surface area contributed by atoms with Gasteiger partial charge in [0.15, 0.2) is 0 Å². The summed E-state index contributed by atoms with van der Waals surface area (Å²) in [5.74, 6) is 0. The summed E-state index contributed by atoms with van der Waals surface area (Å²) >= 11 is 0. The molecule has 2 nitrogen and oxygen atoms in total. The molecule has 0 spiro atoms. The molecule has 4 aromatic rings. The van der Waals surface area contributed by atoms with Crippen LogP contribution in [0.5, 0.6) is 0 Å². The van der Waals surface area contributed by atoms with E-state index < -0.39 is 11.7 Å². The van der Waals surface area contributed by atoms with Crippen molar-refractivity contribution in [3.63, 3.8) is 0 Å². The monoisotopic (exact) mass is 422 g/mol. The van der Waals surface area contributed by atoms with Gasteiger partial charge in [0.2, 0.25) is 0 Å². The van der Waals surface area contributed by atoms with Crippen molar-refractivity contribution in [2.75, 3.05) is 0 Å². The molecule has 0 saturated heterocycles. The van der Waals surface area contributed by atoms with Crippen molar-refractivity contribution < 1.29 is 13.2 Å². The molecule has 0 fully saturated rings. The molecule has 31 heavy (non-hydrogen) atoms. The van der Waals surface area contributed by atoms with E-state index in [0.717, 1.165) is 46.3 Å². The molecule has 5 heteroatoms. The van der Waals surface area contributed by atoms with Crippen molar-refractivity contribution in [1.29, 1.82) is 0 Å². The summed E-state index contributed by atoms with van der Waals surface area (Å²) in [7, 11) is 0. The van der Waals surface area contributed by atoms with Crippen LogP contribution in [0.2, 0.25) is 0 Å². The van der Waals surface area contributed by atoms with Gasteiger partial charge in [-0.1, -0.05) is 48.5 Å². The van der Waals surface area contributed by atoms with Crippen LogP contribution >= 0.6 is 0 Å². The van der Waals surface area contributed by atoms with Crippen LogP contribution in [0, 0.1) is 0 Å². The molecule has 4 rings (SSSR count). The fourth-order valence-electron chi connectivity index (χ4n) is 3.92. The Morgan fingerprint density at radius 3 is 2.29 bits per heavy atom. The third-order valence-corrected chi connectivity index (χ3v) is 5.72. The third-order valence-electron chi connectivity index (χ3n) is 5.72. The highest BCUT2D eigenvalue weighted by atomic mass is 19.4. The molecule has 1 heterocycles. The first kappa shape index (κ1) is 21.2. The summed E-state index contributed by atoms with van der Waals surface area (Å²) in [5.41, 5.74) is 4.55. The second-order valence-electron chi connectivity index (χ2n) is 7.77. The number of nitrogens with zero attached hydrogens (tertiary/aromatic N) is 1. The van der Waals surface area contributed by atoms with E-state index >= 15 is 0 Å². The number of aromatic nitrogens is 1. The standard InChI is InChI=1S/C26H25F3N2/c1-3-31-17-24(21-10-12-22(13-11-21)26(27,28)29)23-15-19(9-14-25(23)31)16-30-18(2)20-7-5-4-6-8-20/h4-15,17-18,30H,3,16H2,1-2H3. The quantitative estimate of drug-likeness (QED) is 0.348. The molecule has 0 aliphatic carbocycles. The molecule has 3 aromatic carbocycles. The van der Waals surface area contributed by atoms with Gasteiger partial charge in [0.05, 0.1) is 5.56 Å². The van der Waals surface area contributed by atoms with Crippen molar-refractivity contribution in [2.24, 2.45) is 0 Å². The molecule has 1 unspecified atom stereocenters. The Bertz CT molecular complexity index is 1160. The maximum atomic E-state index is 12.9. The topological polar surface area (TPSA) is 17.0 Å². The van der Waals surface area contributed by atoms with Crippen molar-refractivity contribution >= 4 is 10.9 Å². The van der Waals surface area contributed by atoms with Gasteiger partial charge in [-0.3, -0.25) is 0 Å². The Morgan fingerprint density at radius 1 is 0.935 bits per heavy atom. The van der Waals surface area contributed by atoms with E-state index in [4.69, 9.17) is 0 Å². The number of hydrogen-bond acceptors (Lipinski definition) is 1. The number of fused-ring (bicyclic) bond motifs is 1. The van der Waals surface area contributed by atoms with E-state index in [2.05, 4.69) is 54.1 Å². The molecule has 0 aliphatic rings. The van der Waals surface area contributed by atoms with Gasteiger partial charge in [0.25, 0.3) is 0 Å². The van der Waals surface area contributed by atoms with E-state index in [9.17, 15) is 13.2 Å². The Hall–Kier alpha value is -3.05. The molecular formula is C26H25F3N2. The first-order valence-corrected chi connectivity index (χ1v) is 10.4. The average Bonchev–Trinajstić information content (AvgIpc) is 3.15. The number of aryl methyl sites for hydroxylation is 1. The maximum absolute atomic E-state index is 12.9. The smallest absolute Gasteiger partial charge is 0.347 e. The lowest BCUT2D eigenvalue weighted by Crippen LogP contribution is -2.17. The lowest BCUT2D eigenvalue weighted by Gasteiger charge is -2.14. The van der Waals surface area contributed by atoms with Crippen LogP contribution in [-0.2, 0) is 19.3 Å². The highest BCUT2D eigenvalue weighted by molar-refractivity contribution is 5.96. The molecule has 1 N–H and O–H groups in total. The Labute approximate surface area is 180 Å². The zero-order valence-corrected chi connectivity index (χ0v) is 17.6. The van der Waals surface area contributed by atoms with Gasteiger partial charge in [-0.05, 0) is 54.8 Å². The number of halogens is 3. The van der Waals surface area contributed by atoms with Gasteiger partial charge >= 0.3 is 6.18 Å². The zero-order valence-electron chi connectivity index (χ0n) is 17.6. The average molecular weight is 422 g/mol. The van der Waals surface area contributed by atoms with Crippen LogP contribution in [0.15, 0.2) is 79.0 Å². The van der Waals surface area contributed by atoms with Crippen molar-refractivity contribution in [3.05, 3.63) is 95.7 Å². The van der Waals surface area contributed by atoms with E-state index in [1.165, 1.54) is 5.56 Å². The number of alkyl halides is 3. The van der Waals surface area contributed by atoms with Gasteiger partial charge in [-0.15, -0.1) is 0 Å². The molecule has 0 radical (unpaired) electrons. The van der Waals surface area contributed by atoms with Crippen molar-refractivity contribution in [2.45, 2.75) is 39.2 Å². The zero-order chi connectivity index (χ0) is 22.0. The maximum Gasteiger partial charge on any atom is 0.416 e. The minimum Gasteiger partial charge on any atom is -0.347 e. The highest BCUT2D eigenvalue weighted by Crippen LogP contribution is 2.34. The van der Waals surface area contributed by atoms with Gasteiger partial charge in [0, 0.05) is 41.8 Å². The third kappa shape index (κ3) is 4.52. The normalized spacial score (nSPS) is 12.9. The molecule has 0 saturated carbocycles. The lowest BCUT2D eigenvalue weighted by molar-refractivity contribution is -0.137. The fraction of sp³-hybridized carbons (Fsp3) is 0.231. The Balaban J connectivity index is 1.64. The minimum absolute atomic E-state index is 0.214. The number of benzene rings is 3. The van der Waals surface area contributed by atoms with Crippen molar-refractivity contribution in [3.8, 4) is 11.1 Å². The predicted octanol–water partition coefficient (Wildman–Crippen LogP) is 7.20. The summed E-state index contributed by atoms with van der Waals surface area (Å²) in [5, 5.41) is 4.60. The van der Waals surface area contributed by atoms with E-state index in [1.54, 1.807) is 12.1 Å². The molecular weight excluding hydrogens is 397 g/mol. The first-order chi connectivity index (χ1) is 14.9. The Kier molecular flexibility index (Phi) is 5.88. The van der Waals surface area contributed by atoms with Gasteiger partial charge < -0.3 is 9.88 Å². The van der Waals surface area contributed by atoms with Crippen LogP contribution in [0.1, 0.15) is 36.6 Å². The van der Waals surface area contributed by atoms with E-state index in [-0.39, 0.29) is 6.04 Å². The fourth-order valence-corrected chi connectivity index (χ4v) is 3.92. The van der Waals surface area contributed by atoms with Crippen LogP contribution in [0.3, 0.4) is 0 Å². The van der Waals surface area contributed by atoms with Crippen LogP contribution in [0.25, 0.3) is 22.0 Å². The summed E-state index contributed by atoms with van der Waals surface area (Å²) in [6.45, 7) is 5.69. The molecule has 160 valence electrons. The van der Waals surface area contributed by atoms with E-state index in [0.29, 0.717) is 6.54 Å². The van der Waals surface area contributed by atoms with Gasteiger partial charge in [-0.2, -0.15) is 13.2 Å². The Morgan fingerprint density at radius 2 is 1.65 bits per heavy atom. The summed E-state index contributed by atoms with van der Waals surface area (Å²) in [6.07, 6.45) is -2.30. The largest absolute Gasteiger partial charge is 0.416 e. The van der Waals surface area contributed by atoms with Gasteiger partial charge in [-0.25, -0.2) is 0 Å². The second-order valence-corrected chi connectivity index (χ2v) is 7.77. The molecule has 0 amide bonds. The highest BCUT2D eigenvalue weighted by Gasteiger charge is 2.30. The molecule has 0 aliphatic heterocycles. The lowest BCUT2D eigenvalue weighted by atomic mass is 10.0. The van der Waals surface area contributed by atoms with Crippen LogP contribution in [-0.4, -0.2) is 4.57 Å². The SMILES string of the molecule is CCn1cc(-c2ccc(C(F)(F)F)cc2)c2cc(CNC(C)c3ccccc3)ccc21. The minimum atomic E-state index is -4.33. The van der Waals surface area contributed by atoms with Gasteiger partial charge in [0.1, 0.15) is 0 Å². The van der Waals surface area contributed by atoms with E-state index in [1.807, 2.05) is 24.4 Å². The molecule has 0 bridgehead atoms. The van der Waals surface area contributed by atoms with Crippen molar-refractivity contribution in [1.82, 2.24) is 9.88 Å². The van der Waals surface area contributed by atoms with Crippen LogP contribution in [0.4, 0.5) is 13.2 Å². The number of hydrogen-bond donors (Lipinski definition) is 1. The first-order valence-electron chi connectivity index (χ1n) is 10.4. The molecule has 1 atom stereocenters. The second kappa shape index (κ2) is 8.60. The predicted molar refractivity (Wildman–Crippen MR) is 120 cm³/mol. The summed E-state index contributed by atoms with van der Waals surface area (Å²) in [6, 6.07) is 22.2. The summed E-state index contributed by atoms with van der Waals surface area (Å²) < 4.78 is 41.0. The number of nitrogens with one attached hydrogen (secondary N) is 1.